The van der Waals surface area contributed by atoms with E-state index in [1.54, 1.807) is 11.8 Å². The molecule has 0 aromatic heterocycles. The fraction of sp³-hybridized carbons (Fsp3) is 0.467. The van der Waals surface area contributed by atoms with Crippen molar-refractivity contribution >= 4 is 45.4 Å². The standard InChI is InChI=1S/C13H15BrN2O3S.C2H6/c1-8(17)16-4-3-9-5-10(14)12(6-11(9)16)20-15-7-13(18)19-2;1-2/h5-6,15H,3-4,7H2,1-2H3;1-2H3. The Hall–Kier alpha value is -1.05. The van der Waals surface area contributed by atoms with Crippen LogP contribution in [0.4, 0.5) is 5.69 Å². The first-order valence-corrected chi connectivity index (χ1v) is 8.71. The summed E-state index contributed by atoms with van der Waals surface area (Å²) in [7, 11) is 1.35. The SMILES string of the molecule is CC.COC(=O)CNSc1cc2c(cc1Br)CCN2C(C)=O. The zero-order valence-corrected chi connectivity index (χ0v) is 15.6. The van der Waals surface area contributed by atoms with Crippen LogP contribution in [0.15, 0.2) is 21.5 Å². The summed E-state index contributed by atoms with van der Waals surface area (Å²) in [6.07, 6.45) is 0.869. The van der Waals surface area contributed by atoms with E-state index in [4.69, 9.17) is 0 Å². The quantitative estimate of drug-likeness (QED) is 0.633. The van der Waals surface area contributed by atoms with Gasteiger partial charge in [0, 0.05) is 28.5 Å². The molecular weight excluding hydrogens is 368 g/mol. The van der Waals surface area contributed by atoms with Gasteiger partial charge in [-0.25, -0.2) is 4.72 Å². The number of carbonyl (C=O) groups is 2. The maximum Gasteiger partial charge on any atom is 0.320 e. The lowest BCUT2D eigenvalue weighted by Crippen LogP contribution is -2.25. The highest BCUT2D eigenvalue weighted by molar-refractivity contribution is 9.10. The lowest BCUT2D eigenvalue weighted by molar-refractivity contribution is -0.139. The summed E-state index contributed by atoms with van der Waals surface area (Å²) in [5.41, 5.74) is 2.10. The number of esters is 1. The van der Waals surface area contributed by atoms with Crippen LogP contribution >= 0.6 is 27.9 Å². The van der Waals surface area contributed by atoms with Crippen LogP contribution in [-0.2, 0) is 20.7 Å². The Morgan fingerprint density at radius 1 is 1.41 bits per heavy atom. The topological polar surface area (TPSA) is 58.6 Å². The van der Waals surface area contributed by atoms with E-state index in [0.29, 0.717) is 0 Å². The first-order chi connectivity index (χ1) is 10.5. The van der Waals surface area contributed by atoms with Crippen molar-refractivity contribution in [1.82, 2.24) is 4.72 Å². The maximum absolute atomic E-state index is 11.6. The van der Waals surface area contributed by atoms with Crippen molar-refractivity contribution in [3.63, 3.8) is 0 Å². The molecule has 0 bridgehead atoms. The number of ether oxygens (including phenoxy) is 1. The molecule has 122 valence electrons. The monoisotopic (exact) mass is 388 g/mol. The molecule has 0 atom stereocenters. The molecule has 22 heavy (non-hydrogen) atoms. The predicted octanol–water partition coefficient (Wildman–Crippen LogP) is 3.15. The van der Waals surface area contributed by atoms with Gasteiger partial charge in [-0.3, -0.25) is 9.59 Å². The minimum absolute atomic E-state index is 0.0459. The smallest absolute Gasteiger partial charge is 0.320 e. The molecule has 0 aliphatic carbocycles. The summed E-state index contributed by atoms with van der Waals surface area (Å²) in [5, 5.41) is 0. The van der Waals surface area contributed by atoms with Crippen LogP contribution in [-0.4, -0.2) is 32.1 Å². The molecule has 0 spiro atoms. The molecule has 1 heterocycles. The van der Waals surface area contributed by atoms with Crippen molar-refractivity contribution in [1.29, 1.82) is 0 Å². The van der Waals surface area contributed by atoms with E-state index in [2.05, 4.69) is 25.4 Å². The third-order valence-corrected chi connectivity index (χ3v) is 4.80. The number of anilines is 1. The average Bonchev–Trinajstić information content (AvgIpc) is 2.92. The fourth-order valence-corrected chi connectivity index (χ4v) is 3.34. The van der Waals surface area contributed by atoms with Crippen molar-refractivity contribution in [2.24, 2.45) is 0 Å². The zero-order chi connectivity index (χ0) is 16.7. The number of carbonyl (C=O) groups excluding carboxylic acids is 2. The summed E-state index contributed by atoms with van der Waals surface area (Å²) in [4.78, 5) is 25.3. The minimum Gasteiger partial charge on any atom is -0.468 e. The molecule has 1 aliphatic heterocycles. The highest BCUT2D eigenvalue weighted by atomic mass is 79.9. The van der Waals surface area contributed by atoms with Crippen LogP contribution in [0.2, 0.25) is 0 Å². The van der Waals surface area contributed by atoms with E-state index in [0.717, 1.165) is 33.6 Å². The van der Waals surface area contributed by atoms with Crippen molar-refractivity contribution in [3.05, 3.63) is 22.2 Å². The Morgan fingerprint density at radius 3 is 2.68 bits per heavy atom. The van der Waals surface area contributed by atoms with Crippen molar-refractivity contribution < 1.29 is 14.3 Å². The molecular formula is C15H21BrN2O3S. The summed E-state index contributed by atoms with van der Waals surface area (Å²) in [6, 6.07) is 3.99. The Morgan fingerprint density at radius 2 is 2.09 bits per heavy atom. The summed E-state index contributed by atoms with van der Waals surface area (Å²) in [6.45, 7) is 6.42. The van der Waals surface area contributed by atoms with Gasteiger partial charge in [-0.1, -0.05) is 13.8 Å². The van der Waals surface area contributed by atoms with E-state index < -0.39 is 0 Å². The van der Waals surface area contributed by atoms with Crippen LogP contribution in [0.25, 0.3) is 0 Å². The first kappa shape index (κ1) is 19.0. The number of nitrogens with one attached hydrogen (secondary N) is 1. The van der Waals surface area contributed by atoms with Crippen molar-refractivity contribution in [3.8, 4) is 0 Å². The summed E-state index contributed by atoms with van der Waals surface area (Å²) < 4.78 is 8.45. The minimum atomic E-state index is -0.319. The second-order valence-electron chi connectivity index (χ2n) is 4.33. The normalized spacial score (nSPS) is 12.3. The van der Waals surface area contributed by atoms with Gasteiger partial charge < -0.3 is 9.64 Å². The molecule has 0 radical (unpaired) electrons. The molecule has 0 saturated carbocycles. The second kappa shape index (κ2) is 9.17. The zero-order valence-electron chi connectivity index (χ0n) is 13.2. The molecule has 1 aromatic carbocycles. The summed E-state index contributed by atoms with van der Waals surface area (Å²) >= 11 is 4.85. The molecule has 1 aliphatic rings. The van der Waals surface area contributed by atoms with Crippen LogP contribution in [0.3, 0.4) is 0 Å². The van der Waals surface area contributed by atoms with Gasteiger partial charge in [0.05, 0.1) is 7.11 Å². The van der Waals surface area contributed by atoms with Gasteiger partial charge >= 0.3 is 5.97 Å². The molecule has 1 N–H and O–H groups in total. The Labute approximate surface area is 144 Å². The Bertz CT molecular complexity index is 552. The van der Waals surface area contributed by atoms with E-state index in [1.165, 1.54) is 19.1 Å². The predicted molar refractivity (Wildman–Crippen MR) is 93.1 cm³/mol. The van der Waals surface area contributed by atoms with E-state index in [1.807, 2.05) is 26.0 Å². The molecule has 0 saturated heterocycles. The number of hydrogen-bond acceptors (Lipinski definition) is 5. The largest absolute Gasteiger partial charge is 0.468 e. The van der Waals surface area contributed by atoms with Gasteiger partial charge in [0.1, 0.15) is 6.54 Å². The molecule has 1 amide bonds. The molecule has 5 nitrogen and oxygen atoms in total. The van der Waals surface area contributed by atoms with Gasteiger partial charge in [0.25, 0.3) is 0 Å². The lowest BCUT2D eigenvalue weighted by atomic mass is 10.2. The molecule has 7 heteroatoms. The number of hydrogen-bond donors (Lipinski definition) is 1. The number of methoxy groups -OCH3 is 1. The number of amides is 1. The summed E-state index contributed by atoms with van der Waals surface area (Å²) in [5.74, 6) is -0.273. The first-order valence-electron chi connectivity index (χ1n) is 7.10. The Balaban J connectivity index is 0.00000116. The molecule has 2 rings (SSSR count). The van der Waals surface area contributed by atoms with Crippen LogP contribution < -0.4 is 9.62 Å². The van der Waals surface area contributed by atoms with E-state index >= 15 is 0 Å². The van der Waals surface area contributed by atoms with E-state index in [9.17, 15) is 9.59 Å². The third kappa shape index (κ3) is 4.72. The van der Waals surface area contributed by atoms with Gasteiger partial charge in [-0.05, 0) is 52.0 Å². The fourth-order valence-electron chi connectivity index (χ4n) is 2.04. The Kier molecular flexibility index (Phi) is 7.92. The average molecular weight is 389 g/mol. The third-order valence-electron chi connectivity index (χ3n) is 3.04. The number of benzene rings is 1. The number of fused-ring (bicyclic) bond motifs is 1. The van der Waals surface area contributed by atoms with Gasteiger partial charge in [-0.2, -0.15) is 0 Å². The van der Waals surface area contributed by atoms with Crippen molar-refractivity contribution in [2.45, 2.75) is 32.1 Å². The molecule has 0 unspecified atom stereocenters. The van der Waals surface area contributed by atoms with Gasteiger partial charge in [-0.15, -0.1) is 0 Å². The van der Waals surface area contributed by atoms with Crippen LogP contribution in [0.5, 0.6) is 0 Å². The number of rotatable bonds is 4. The lowest BCUT2D eigenvalue weighted by Gasteiger charge is -2.16. The van der Waals surface area contributed by atoms with Gasteiger partial charge in [0.2, 0.25) is 5.91 Å². The van der Waals surface area contributed by atoms with Crippen LogP contribution in [0, 0.1) is 0 Å². The molecule has 1 aromatic rings. The van der Waals surface area contributed by atoms with Gasteiger partial charge in [0.15, 0.2) is 0 Å². The van der Waals surface area contributed by atoms with E-state index in [-0.39, 0.29) is 18.4 Å². The highest BCUT2D eigenvalue weighted by Crippen LogP contribution is 2.36. The maximum atomic E-state index is 11.6. The number of nitrogens with zero attached hydrogens (tertiary/aromatic N) is 1. The highest BCUT2D eigenvalue weighted by Gasteiger charge is 2.23. The second-order valence-corrected chi connectivity index (χ2v) is 6.12. The number of halogens is 1. The molecule has 0 fully saturated rings. The van der Waals surface area contributed by atoms with Crippen LogP contribution in [0.1, 0.15) is 26.3 Å². The van der Waals surface area contributed by atoms with Crippen molar-refractivity contribution in [2.75, 3.05) is 25.1 Å².